The van der Waals surface area contributed by atoms with Crippen LogP contribution in [0.4, 0.5) is 0 Å². The summed E-state index contributed by atoms with van der Waals surface area (Å²) in [5, 5.41) is 8.53. The summed E-state index contributed by atoms with van der Waals surface area (Å²) >= 11 is 0. The van der Waals surface area contributed by atoms with Crippen molar-refractivity contribution in [1.29, 1.82) is 0 Å². The monoisotopic (exact) mass is 230 g/mol. The van der Waals surface area contributed by atoms with Crippen molar-refractivity contribution in [3.63, 3.8) is 0 Å². The number of hydrogen-bond donors (Lipinski definition) is 1. The first-order chi connectivity index (χ1) is 7.56. The van der Waals surface area contributed by atoms with Crippen LogP contribution in [-0.2, 0) is 14.3 Å². The molecule has 0 amide bonds. The minimum atomic E-state index is -0.816. The van der Waals surface area contributed by atoms with E-state index < -0.39 is 5.97 Å². The third-order valence-corrected chi connectivity index (χ3v) is 2.38. The zero-order valence-electron chi connectivity index (χ0n) is 10.2. The van der Waals surface area contributed by atoms with E-state index in [0.29, 0.717) is 19.4 Å². The predicted octanol–water partition coefficient (Wildman–Crippen LogP) is 2.61. The zero-order chi connectivity index (χ0) is 12.4. The molecule has 0 aromatic carbocycles. The molecule has 0 spiro atoms. The SMILES string of the molecule is CCCCCOC(=O)CCC(C)CC(=O)O. The van der Waals surface area contributed by atoms with E-state index in [2.05, 4.69) is 6.92 Å². The first-order valence-electron chi connectivity index (χ1n) is 5.93. The van der Waals surface area contributed by atoms with Gasteiger partial charge in [0.15, 0.2) is 0 Å². The number of aliphatic carboxylic acids is 1. The predicted molar refractivity (Wildman–Crippen MR) is 61.1 cm³/mol. The van der Waals surface area contributed by atoms with Gasteiger partial charge >= 0.3 is 11.9 Å². The zero-order valence-corrected chi connectivity index (χ0v) is 10.2. The van der Waals surface area contributed by atoms with Crippen LogP contribution in [0.3, 0.4) is 0 Å². The lowest BCUT2D eigenvalue weighted by atomic mass is 10.0. The van der Waals surface area contributed by atoms with E-state index in [0.717, 1.165) is 19.3 Å². The Morgan fingerprint density at radius 2 is 2.00 bits per heavy atom. The summed E-state index contributed by atoms with van der Waals surface area (Å²) < 4.78 is 5.01. The van der Waals surface area contributed by atoms with Crippen LogP contribution in [0.1, 0.15) is 52.4 Å². The normalized spacial score (nSPS) is 12.1. The second-order valence-electron chi connectivity index (χ2n) is 4.17. The van der Waals surface area contributed by atoms with Crippen LogP contribution in [0.25, 0.3) is 0 Å². The highest BCUT2D eigenvalue weighted by molar-refractivity contribution is 5.69. The maximum absolute atomic E-state index is 11.2. The van der Waals surface area contributed by atoms with E-state index in [1.807, 2.05) is 6.92 Å². The number of hydrogen-bond acceptors (Lipinski definition) is 3. The van der Waals surface area contributed by atoms with Gasteiger partial charge in [0.25, 0.3) is 0 Å². The Kier molecular flexibility index (Phi) is 8.58. The molecule has 1 unspecified atom stereocenters. The number of unbranched alkanes of at least 4 members (excludes halogenated alkanes) is 2. The summed E-state index contributed by atoms with van der Waals surface area (Å²) in [6.45, 7) is 4.41. The summed E-state index contributed by atoms with van der Waals surface area (Å²) in [5.74, 6) is -1.00. The van der Waals surface area contributed by atoms with Crippen LogP contribution in [-0.4, -0.2) is 23.7 Å². The highest BCUT2D eigenvalue weighted by Crippen LogP contribution is 2.10. The van der Waals surface area contributed by atoms with Crippen molar-refractivity contribution in [1.82, 2.24) is 0 Å². The molecule has 0 heterocycles. The molecule has 0 aromatic rings. The van der Waals surface area contributed by atoms with E-state index in [1.54, 1.807) is 0 Å². The number of carboxylic acids is 1. The van der Waals surface area contributed by atoms with Gasteiger partial charge in [-0.15, -0.1) is 0 Å². The maximum atomic E-state index is 11.2. The van der Waals surface area contributed by atoms with Crippen molar-refractivity contribution >= 4 is 11.9 Å². The molecule has 0 saturated carbocycles. The second kappa shape index (κ2) is 9.19. The lowest BCUT2D eigenvalue weighted by Gasteiger charge is -2.08. The van der Waals surface area contributed by atoms with Crippen molar-refractivity contribution in [2.75, 3.05) is 6.61 Å². The first kappa shape index (κ1) is 14.9. The minimum Gasteiger partial charge on any atom is -0.481 e. The fraction of sp³-hybridized carbons (Fsp3) is 0.833. The maximum Gasteiger partial charge on any atom is 0.305 e. The first-order valence-corrected chi connectivity index (χ1v) is 5.93. The standard InChI is InChI=1S/C12H22O4/c1-3-4-5-8-16-12(15)7-6-10(2)9-11(13)14/h10H,3-9H2,1-2H3,(H,13,14). The third-order valence-electron chi connectivity index (χ3n) is 2.38. The van der Waals surface area contributed by atoms with E-state index in [1.165, 1.54) is 0 Å². The molecule has 0 radical (unpaired) electrons. The van der Waals surface area contributed by atoms with Crippen LogP contribution in [0, 0.1) is 5.92 Å². The highest BCUT2D eigenvalue weighted by Gasteiger charge is 2.10. The summed E-state index contributed by atoms with van der Waals surface area (Å²) in [6.07, 6.45) is 4.10. The van der Waals surface area contributed by atoms with Gasteiger partial charge in [-0.3, -0.25) is 9.59 Å². The Balaban J connectivity index is 3.45. The van der Waals surface area contributed by atoms with Crippen molar-refractivity contribution in [2.24, 2.45) is 5.92 Å². The van der Waals surface area contributed by atoms with Gasteiger partial charge in [0.2, 0.25) is 0 Å². The lowest BCUT2D eigenvalue weighted by Crippen LogP contribution is -2.10. The molecule has 0 bridgehead atoms. The third kappa shape index (κ3) is 9.49. The van der Waals surface area contributed by atoms with Crippen LogP contribution >= 0.6 is 0 Å². The van der Waals surface area contributed by atoms with Gasteiger partial charge in [-0.2, -0.15) is 0 Å². The Hall–Kier alpha value is -1.06. The molecule has 1 atom stereocenters. The Morgan fingerprint density at radius 1 is 1.31 bits per heavy atom. The molecule has 94 valence electrons. The molecule has 0 aliphatic carbocycles. The van der Waals surface area contributed by atoms with Crippen molar-refractivity contribution in [2.45, 2.75) is 52.4 Å². The molecule has 0 fully saturated rings. The van der Waals surface area contributed by atoms with Gasteiger partial charge in [0.05, 0.1) is 6.61 Å². The molecule has 0 saturated heterocycles. The minimum absolute atomic E-state index is 0.0284. The summed E-state index contributed by atoms with van der Waals surface area (Å²) in [4.78, 5) is 21.6. The molecule has 4 nitrogen and oxygen atoms in total. The van der Waals surface area contributed by atoms with Gasteiger partial charge < -0.3 is 9.84 Å². The smallest absolute Gasteiger partial charge is 0.305 e. The van der Waals surface area contributed by atoms with E-state index in [9.17, 15) is 9.59 Å². The molecule has 0 aliphatic heterocycles. The summed E-state index contributed by atoms with van der Waals surface area (Å²) in [7, 11) is 0. The molecule has 4 heteroatoms. The van der Waals surface area contributed by atoms with E-state index in [4.69, 9.17) is 9.84 Å². The number of carbonyl (C=O) groups excluding carboxylic acids is 1. The lowest BCUT2D eigenvalue weighted by molar-refractivity contribution is -0.145. The number of esters is 1. The molecule has 0 aliphatic rings. The van der Waals surface area contributed by atoms with E-state index in [-0.39, 0.29) is 18.3 Å². The van der Waals surface area contributed by atoms with Crippen molar-refractivity contribution < 1.29 is 19.4 Å². The average molecular weight is 230 g/mol. The van der Waals surface area contributed by atoms with Crippen LogP contribution in [0.15, 0.2) is 0 Å². The Bertz CT molecular complexity index is 213. The molecular weight excluding hydrogens is 208 g/mol. The Morgan fingerprint density at radius 3 is 2.56 bits per heavy atom. The molecule has 16 heavy (non-hydrogen) atoms. The molecular formula is C12H22O4. The quantitative estimate of drug-likeness (QED) is 0.488. The topological polar surface area (TPSA) is 63.6 Å². The van der Waals surface area contributed by atoms with Gasteiger partial charge in [-0.05, 0) is 18.8 Å². The van der Waals surface area contributed by atoms with Crippen LogP contribution in [0.5, 0.6) is 0 Å². The summed E-state index contributed by atoms with van der Waals surface area (Å²) in [5.41, 5.74) is 0. The van der Waals surface area contributed by atoms with Gasteiger partial charge in [-0.1, -0.05) is 26.7 Å². The number of rotatable bonds is 9. The van der Waals surface area contributed by atoms with Crippen molar-refractivity contribution in [3.8, 4) is 0 Å². The Labute approximate surface area is 97.0 Å². The number of ether oxygens (including phenoxy) is 1. The van der Waals surface area contributed by atoms with Gasteiger partial charge in [-0.25, -0.2) is 0 Å². The van der Waals surface area contributed by atoms with Crippen LogP contribution < -0.4 is 0 Å². The fourth-order valence-electron chi connectivity index (χ4n) is 1.37. The molecule has 0 aromatic heterocycles. The van der Waals surface area contributed by atoms with Crippen LogP contribution in [0.2, 0.25) is 0 Å². The average Bonchev–Trinajstić information content (AvgIpc) is 2.20. The number of carbonyl (C=O) groups is 2. The van der Waals surface area contributed by atoms with Gasteiger partial charge in [0.1, 0.15) is 0 Å². The largest absolute Gasteiger partial charge is 0.481 e. The molecule has 0 rings (SSSR count). The van der Waals surface area contributed by atoms with Gasteiger partial charge in [0, 0.05) is 12.8 Å². The fourth-order valence-corrected chi connectivity index (χ4v) is 1.37. The highest BCUT2D eigenvalue weighted by atomic mass is 16.5. The van der Waals surface area contributed by atoms with Crippen molar-refractivity contribution in [3.05, 3.63) is 0 Å². The van der Waals surface area contributed by atoms with E-state index >= 15 is 0 Å². The second-order valence-corrected chi connectivity index (χ2v) is 4.17. The number of carboxylic acid groups (broad SMARTS) is 1. The summed E-state index contributed by atoms with van der Waals surface area (Å²) in [6, 6.07) is 0. The molecule has 1 N–H and O–H groups in total.